The monoisotopic (exact) mass is 662 g/mol. The Labute approximate surface area is 278 Å². The summed E-state index contributed by atoms with van der Waals surface area (Å²) in [4.78, 5) is 64.3. The second kappa shape index (κ2) is 14.8. The highest BCUT2D eigenvalue weighted by atomic mass is 32.1. The van der Waals surface area contributed by atoms with Crippen LogP contribution in [0.25, 0.3) is 0 Å². The van der Waals surface area contributed by atoms with Crippen molar-refractivity contribution in [1.29, 1.82) is 0 Å². The zero-order valence-corrected chi connectivity index (χ0v) is 28.6. The van der Waals surface area contributed by atoms with Crippen LogP contribution in [0, 0.1) is 6.92 Å². The van der Waals surface area contributed by atoms with Crippen molar-refractivity contribution >= 4 is 41.0 Å². The number of nitrogens with zero attached hydrogens (tertiary/aromatic N) is 3. The van der Waals surface area contributed by atoms with Gasteiger partial charge in [-0.3, -0.25) is 30.2 Å². The molecule has 2 atom stereocenters. The molecular formula is C34H42N6O6S. The number of aryl methyl sites for hydroxylation is 1. The van der Waals surface area contributed by atoms with Crippen molar-refractivity contribution in [2.45, 2.75) is 71.1 Å². The maximum atomic E-state index is 13.9. The lowest BCUT2D eigenvalue weighted by Gasteiger charge is -2.31. The van der Waals surface area contributed by atoms with Crippen molar-refractivity contribution in [2.24, 2.45) is 4.99 Å². The molecule has 2 heterocycles. The maximum Gasteiger partial charge on any atom is 0.408 e. The van der Waals surface area contributed by atoms with E-state index in [2.05, 4.69) is 26.1 Å². The third-order valence-corrected chi connectivity index (χ3v) is 8.55. The number of amides is 4. The summed E-state index contributed by atoms with van der Waals surface area (Å²) < 4.78 is 10.8. The topological polar surface area (TPSA) is 151 Å². The molecule has 2 aromatic carbocycles. The van der Waals surface area contributed by atoms with E-state index in [-0.39, 0.29) is 35.4 Å². The fraction of sp³-hybridized carbons (Fsp3) is 0.412. The number of hydrazine groups is 1. The molecule has 0 unspecified atom stereocenters. The molecule has 0 bridgehead atoms. The minimum Gasteiger partial charge on any atom is -0.481 e. The number of rotatable bonds is 8. The van der Waals surface area contributed by atoms with Gasteiger partial charge in [-0.05, 0) is 71.2 Å². The number of hydrogen-bond acceptors (Lipinski definition) is 9. The molecule has 3 N–H and O–H groups in total. The first-order valence-electron chi connectivity index (χ1n) is 15.3. The number of hydrogen-bond donors (Lipinski definition) is 3. The Morgan fingerprint density at radius 3 is 2.32 bits per heavy atom. The number of likely N-dealkylation sites (tertiary alicyclic amines) is 1. The lowest BCUT2D eigenvalue weighted by molar-refractivity contribution is -0.127. The van der Waals surface area contributed by atoms with Crippen LogP contribution in [0.4, 0.5) is 4.79 Å². The van der Waals surface area contributed by atoms with Gasteiger partial charge in [-0.25, -0.2) is 9.78 Å². The lowest BCUT2D eigenvalue weighted by Crippen LogP contribution is -2.61. The molecule has 0 radical (unpaired) electrons. The Morgan fingerprint density at radius 1 is 1.02 bits per heavy atom. The summed E-state index contributed by atoms with van der Waals surface area (Å²) >= 11 is 1.52. The van der Waals surface area contributed by atoms with Crippen LogP contribution in [0.5, 0.6) is 0 Å². The number of thiazole rings is 1. The summed E-state index contributed by atoms with van der Waals surface area (Å²) in [5, 5.41) is 5.50. The molecule has 12 nitrogen and oxygen atoms in total. The van der Waals surface area contributed by atoms with Crippen molar-refractivity contribution < 1.29 is 28.7 Å². The van der Waals surface area contributed by atoms with Crippen LogP contribution in [0.1, 0.15) is 89.1 Å². The molecular weight excluding hydrogens is 620 g/mol. The number of ether oxygens (including phenoxy) is 2. The van der Waals surface area contributed by atoms with Crippen LogP contribution in [-0.4, -0.2) is 71.4 Å². The van der Waals surface area contributed by atoms with Gasteiger partial charge in [0.1, 0.15) is 16.1 Å². The van der Waals surface area contributed by atoms with Gasteiger partial charge < -0.3 is 19.7 Å². The van der Waals surface area contributed by atoms with Gasteiger partial charge >= 0.3 is 6.09 Å². The van der Waals surface area contributed by atoms with Crippen LogP contribution in [-0.2, 0) is 20.7 Å². The number of aromatic nitrogens is 1. The van der Waals surface area contributed by atoms with Gasteiger partial charge in [0.2, 0.25) is 5.90 Å². The van der Waals surface area contributed by atoms with E-state index in [1.165, 1.54) is 30.6 Å². The molecule has 1 aliphatic rings. The number of nitrogens with one attached hydrogen (secondary N) is 3. The molecule has 1 aliphatic heterocycles. The average molecular weight is 663 g/mol. The molecule has 0 aliphatic carbocycles. The zero-order chi connectivity index (χ0) is 34.4. The number of methoxy groups -OCH3 is 1. The highest BCUT2D eigenvalue weighted by Gasteiger charge is 2.37. The van der Waals surface area contributed by atoms with E-state index in [0.29, 0.717) is 12.1 Å². The average Bonchev–Trinajstić information content (AvgIpc) is 3.68. The van der Waals surface area contributed by atoms with E-state index < -0.39 is 29.0 Å². The number of carbonyl (C=O) groups excluding carboxylic acids is 4. The van der Waals surface area contributed by atoms with Gasteiger partial charge in [0, 0.05) is 47.8 Å². The number of benzene rings is 2. The standard InChI is InChI=1S/C34H42N6O6S/c1-21-20-47-29(36-21)26-14-11-15-40(26)30(42)25-17-23(16-24(18-25)28(35-6)45-7)27(41)38-39-31(43)34(5,19-22-12-9-8-10-13-22)37-32(44)46-33(2,3)4/h8-10,12-13,16-18,20,26H,11,14-15,19H2,1-7H3,(H,37,44)(H,38,41)(H,39,43)/b35-28-/t26-,34-/m1/s1. The summed E-state index contributed by atoms with van der Waals surface area (Å²) in [5.41, 5.74) is 5.05. The van der Waals surface area contributed by atoms with Crippen molar-refractivity contribution in [3.8, 4) is 0 Å². The van der Waals surface area contributed by atoms with Crippen LogP contribution in [0.3, 0.4) is 0 Å². The lowest BCUT2D eigenvalue weighted by atomic mass is 9.92. The highest BCUT2D eigenvalue weighted by Crippen LogP contribution is 2.35. The molecule has 0 spiro atoms. The third-order valence-electron chi connectivity index (χ3n) is 7.49. The molecule has 13 heteroatoms. The molecule has 0 saturated carbocycles. The Kier molecular flexibility index (Phi) is 11.0. The molecule has 250 valence electrons. The molecule has 4 rings (SSSR count). The first kappa shape index (κ1) is 35.1. The predicted octanol–water partition coefficient (Wildman–Crippen LogP) is 4.74. The summed E-state index contributed by atoms with van der Waals surface area (Å²) in [7, 11) is 2.99. The van der Waals surface area contributed by atoms with Crippen molar-refractivity contribution in [3.05, 3.63) is 86.9 Å². The molecule has 1 aromatic heterocycles. The Bertz CT molecular complexity index is 1650. The van der Waals surface area contributed by atoms with Gasteiger partial charge in [-0.15, -0.1) is 11.3 Å². The summed E-state index contributed by atoms with van der Waals surface area (Å²) in [6.07, 6.45) is 0.944. The summed E-state index contributed by atoms with van der Waals surface area (Å²) in [6.45, 7) is 9.17. The number of alkyl carbamates (subject to hydrolysis) is 1. The Morgan fingerprint density at radius 2 is 1.70 bits per heavy atom. The van der Waals surface area contributed by atoms with Crippen LogP contribution in [0.15, 0.2) is 58.9 Å². The third kappa shape index (κ3) is 8.94. The SMILES string of the molecule is C/N=C(\OC)c1cc(C(=O)NNC(=O)[C@@](C)(Cc2ccccc2)NC(=O)OC(C)(C)C)cc(C(=O)N2CCC[C@@H]2c2nc(C)cs2)c1. The quantitative estimate of drug-likeness (QED) is 0.179. The van der Waals surface area contributed by atoms with E-state index in [9.17, 15) is 19.2 Å². The molecule has 3 aromatic rings. The van der Waals surface area contributed by atoms with Crippen molar-refractivity contribution in [1.82, 2.24) is 26.1 Å². The molecule has 1 fully saturated rings. The van der Waals surface area contributed by atoms with E-state index in [4.69, 9.17) is 9.47 Å². The Hall–Kier alpha value is -4.78. The van der Waals surface area contributed by atoms with Crippen LogP contribution < -0.4 is 16.2 Å². The molecule has 1 saturated heterocycles. The van der Waals surface area contributed by atoms with Gasteiger partial charge in [0.15, 0.2) is 0 Å². The smallest absolute Gasteiger partial charge is 0.408 e. The first-order chi connectivity index (χ1) is 22.2. The van der Waals surface area contributed by atoms with Gasteiger partial charge in [-0.2, -0.15) is 0 Å². The minimum absolute atomic E-state index is 0.0926. The predicted molar refractivity (Wildman–Crippen MR) is 179 cm³/mol. The van der Waals surface area contributed by atoms with Crippen molar-refractivity contribution in [2.75, 3.05) is 20.7 Å². The summed E-state index contributed by atoms with van der Waals surface area (Å²) in [5.74, 6) is -1.40. The maximum absolute atomic E-state index is 13.9. The van der Waals surface area contributed by atoms with Crippen molar-refractivity contribution in [3.63, 3.8) is 0 Å². The number of carbonyl (C=O) groups is 4. The normalized spacial score (nSPS) is 16.2. The van der Waals surface area contributed by atoms with Gasteiger partial charge in [0.05, 0.1) is 13.2 Å². The second-order valence-corrected chi connectivity index (χ2v) is 13.4. The van der Waals surface area contributed by atoms with Gasteiger partial charge in [-0.1, -0.05) is 30.3 Å². The largest absolute Gasteiger partial charge is 0.481 e. The van der Waals surface area contributed by atoms with E-state index in [1.54, 1.807) is 45.7 Å². The fourth-order valence-electron chi connectivity index (χ4n) is 5.34. The van der Waals surface area contributed by atoms with E-state index in [0.717, 1.165) is 29.1 Å². The van der Waals surface area contributed by atoms with Crippen LogP contribution in [0.2, 0.25) is 0 Å². The van der Waals surface area contributed by atoms with E-state index in [1.807, 2.05) is 42.6 Å². The van der Waals surface area contributed by atoms with Gasteiger partial charge in [0.25, 0.3) is 17.7 Å². The molecule has 4 amide bonds. The van der Waals surface area contributed by atoms with E-state index >= 15 is 0 Å². The summed E-state index contributed by atoms with van der Waals surface area (Å²) in [6, 6.07) is 13.6. The number of aliphatic imine (C=N–C) groups is 1. The first-order valence-corrected chi connectivity index (χ1v) is 16.2. The zero-order valence-electron chi connectivity index (χ0n) is 27.8. The second-order valence-electron chi connectivity index (χ2n) is 12.5. The fourth-order valence-corrected chi connectivity index (χ4v) is 6.28. The minimum atomic E-state index is -1.50. The molecule has 47 heavy (non-hydrogen) atoms. The highest BCUT2D eigenvalue weighted by molar-refractivity contribution is 7.09. The van der Waals surface area contributed by atoms with Crippen LogP contribution >= 0.6 is 11.3 Å². The Balaban J connectivity index is 1.58.